The second-order valence-corrected chi connectivity index (χ2v) is 7.65. The largest absolute Gasteiger partial charge is 0.379 e. The van der Waals surface area contributed by atoms with Crippen LogP contribution in [0.3, 0.4) is 0 Å². The molecule has 1 aromatic rings. The number of morpholine rings is 1. The number of unbranched alkanes of at least 4 members (excludes halogenated alkanes) is 3. The average Bonchev–Trinajstić information content (AvgIpc) is 3.02. The molecule has 3 N–H and O–H groups in total. The fourth-order valence-corrected chi connectivity index (χ4v) is 3.92. The molecular weight excluding hydrogens is 320 g/mol. The van der Waals surface area contributed by atoms with Gasteiger partial charge in [-0.15, -0.1) is 11.3 Å². The topological polar surface area (TPSA) is 62.9 Å². The number of hydrogen-bond donors (Lipinski definition) is 2. The van der Waals surface area contributed by atoms with Gasteiger partial charge in [0.15, 0.2) is 5.96 Å². The van der Waals surface area contributed by atoms with Gasteiger partial charge in [-0.05, 0) is 25.5 Å². The number of guanidine groups is 1. The molecule has 0 bridgehead atoms. The Morgan fingerprint density at radius 3 is 2.79 bits per heavy atom. The van der Waals surface area contributed by atoms with Crippen LogP contribution in [0, 0.1) is 6.92 Å². The van der Waals surface area contributed by atoms with Crippen LogP contribution in [0.2, 0.25) is 0 Å². The summed E-state index contributed by atoms with van der Waals surface area (Å²) in [6.07, 6.45) is 4.95. The van der Waals surface area contributed by atoms with Crippen molar-refractivity contribution in [1.82, 2.24) is 10.2 Å². The summed E-state index contributed by atoms with van der Waals surface area (Å²) < 4.78 is 5.49. The van der Waals surface area contributed by atoms with Crippen LogP contribution >= 0.6 is 11.3 Å². The van der Waals surface area contributed by atoms with E-state index in [9.17, 15) is 0 Å². The molecule has 0 aliphatic carbocycles. The van der Waals surface area contributed by atoms with E-state index in [1.165, 1.54) is 29.0 Å². The second-order valence-electron chi connectivity index (χ2n) is 6.33. The minimum Gasteiger partial charge on any atom is -0.379 e. The van der Waals surface area contributed by atoms with E-state index in [1.54, 1.807) is 0 Å². The average molecular weight is 353 g/mol. The molecule has 0 amide bonds. The maximum atomic E-state index is 6.05. The summed E-state index contributed by atoms with van der Waals surface area (Å²) in [6.45, 7) is 9.51. The molecule has 1 aliphatic rings. The molecule has 136 valence electrons. The van der Waals surface area contributed by atoms with Crippen LogP contribution in [-0.2, 0) is 4.74 Å². The molecule has 1 fully saturated rings. The van der Waals surface area contributed by atoms with Crippen LogP contribution in [0.25, 0.3) is 0 Å². The smallest absolute Gasteiger partial charge is 0.188 e. The van der Waals surface area contributed by atoms with Crippen LogP contribution in [-0.4, -0.2) is 50.3 Å². The van der Waals surface area contributed by atoms with E-state index in [4.69, 9.17) is 10.5 Å². The molecule has 1 unspecified atom stereocenters. The quantitative estimate of drug-likeness (QED) is 0.407. The zero-order valence-electron chi connectivity index (χ0n) is 15.1. The Morgan fingerprint density at radius 1 is 1.33 bits per heavy atom. The first-order chi connectivity index (χ1) is 11.7. The van der Waals surface area contributed by atoms with Crippen molar-refractivity contribution in [3.8, 4) is 0 Å². The predicted octanol–water partition coefficient (Wildman–Crippen LogP) is 2.91. The Hall–Kier alpha value is -1.11. The first-order valence-corrected chi connectivity index (χ1v) is 9.94. The van der Waals surface area contributed by atoms with Gasteiger partial charge in [-0.1, -0.05) is 26.2 Å². The minimum absolute atomic E-state index is 0.299. The van der Waals surface area contributed by atoms with E-state index in [2.05, 4.69) is 41.2 Å². The first-order valence-electron chi connectivity index (χ1n) is 9.12. The summed E-state index contributed by atoms with van der Waals surface area (Å²) in [7, 11) is 0. The minimum atomic E-state index is 0.299. The molecule has 0 radical (unpaired) electrons. The van der Waals surface area contributed by atoms with Gasteiger partial charge in [0.05, 0.1) is 25.8 Å². The predicted molar refractivity (Wildman–Crippen MR) is 103 cm³/mol. The van der Waals surface area contributed by atoms with Gasteiger partial charge >= 0.3 is 0 Å². The Morgan fingerprint density at radius 2 is 2.12 bits per heavy atom. The van der Waals surface area contributed by atoms with Crippen molar-refractivity contribution < 1.29 is 4.74 Å². The summed E-state index contributed by atoms with van der Waals surface area (Å²) in [6, 6.07) is 4.71. The van der Waals surface area contributed by atoms with Gasteiger partial charge < -0.3 is 15.8 Å². The third kappa shape index (κ3) is 6.42. The van der Waals surface area contributed by atoms with E-state index < -0.39 is 0 Å². The van der Waals surface area contributed by atoms with Gasteiger partial charge in [0.25, 0.3) is 0 Å². The molecule has 2 rings (SSSR count). The highest BCUT2D eigenvalue weighted by Gasteiger charge is 2.23. The molecule has 1 aliphatic heterocycles. The Labute approximate surface area is 150 Å². The van der Waals surface area contributed by atoms with Gasteiger partial charge in [0.2, 0.25) is 0 Å². The fourth-order valence-electron chi connectivity index (χ4n) is 2.92. The third-order valence-corrected chi connectivity index (χ3v) is 5.45. The van der Waals surface area contributed by atoms with E-state index in [1.807, 2.05) is 11.3 Å². The standard InChI is InChI=1S/C18H32N4OS/c1-3-4-5-6-9-20-18(19)21-14-16(17-8-7-15(2)24-17)22-10-12-23-13-11-22/h7-8,16H,3-6,9-14H2,1-2H3,(H3,19,20,21). The number of aryl methyl sites for hydroxylation is 1. The molecule has 5 nitrogen and oxygen atoms in total. The maximum absolute atomic E-state index is 6.05. The van der Waals surface area contributed by atoms with Crippen LogP contribution in [0.4, 0.5) is 0 Å². The summed E-state index contributed by atoms with van der Waals surface area (Å²) in [5, 5.41) is 3.24. The molecular formula is C18H32N4OS. The van der Waals surface area contributed by atoms with Crippen LogP contribution < -0.4 is 11.1 Å². The Balaban J connectivity index is 1.88. The van der Waals surface area contributed by atoms with Crippen molar-refractivity contribution in [3.63, 3.8) is 0 Å². The summed E-state index contributed by atoms with van der Waals surface area (Å²) in [4.78, 5) is 9.79. The number of nitrogens with zero attached hydrogens (tertiary/aromatic N) is 2. The summed E-state index contributed by atoms with van der Waals surface area (Å²) in [5.74, 6) is 0.568. The van der Waals surface area contributed by atoms with Crippen molar-refractivity contribution in [2.75, 3.05) is 39.4 Å². The van der Waals surface area contributed by atoms with Gasteiger partial charge in [-0.25, -0.2) is 0 Å². The van der Waals surface area contributed by atoms with Crippen molar-refractivity contribution in [3.05, 3.63) is 21.9 Å². The van der Waals surface area contributed by atoms with E-state index in [0.717, 1.165) is 39.3 Å². The normalized spacial score (nSPS) is 17.8. The number of aliphatic imine (C=N–C) groups is 1. The number of thiophene rings is 1. The molecule has 6 heteroatoms. The molecule has 1 aromatic heterocycles. The van der Waals surface area contributed by atoms with Gasteiger partial charge in [-0.2, -0.15) is 0 Å². The molecule has 1 atom stereocenters. The molecule has 0 saturated carbocycles. The van der Waals surface area contributed by atoms with Gasteiger partial charge in [0.1, 0.15) is 0 Å². The molecule has 0 aromatic carbocycles. The SMILES string of the molecule is CCCCCCNC(N)=NCC(c1ccc(C)s1)N1CCOCC1. The van der Waals surface area contributed by atoms with Crippen LogP contribution in [0.5, 0.6) is 0 Å². The first kappa shape index (κ1) is 19.2. The van der Waals surface area contributed by atoms with E-state index >= 15 is 0 Å². The Kier molecular flexibility index (Phi) is 8.56. The number of hydrogen-bond acceptors (Lipinski definition) is 4. The lowest BCUT2D eigenvalue weighted by atomic mass is 10.2. The number of ether oxygens (including phenoxy) is 1. The van der Waals surface area contributed by atoms with Gasteiger partial charge in [-0.3, -0.25) is 9.89 Å². The lowest BCUT2D eigenvalue weighted by Gasteiger charge is -2.33. The number of rotatable bonds is 9. The lowest BCUT2D eigenvalue weighted by molar-refractivity contribution is 0.0187. The number of nitrogens with one attached hydrogen (secondary N) is 1. The fraction of sp³-hybridized carbons (Fsp3) is 0.722. The number of nitrogens with two attached hydrogens (primary N) is 1. The molecule has 1 saturated heterocycles. The third-order valence-electron chi connectivity index (χ3n) is 4.35. The molecule has 24 heavy (non-hydrogen) atoms. The highest BCUT2D eigenvalue weighted by Crippen LogP contribution is 2.28. The highest BCUT2D eigenvalue weighted by atomic mass is 32.1. The van der Waals surface area contributed by atoms with Crippen molar-refractivity contribution in [2.24, 2.45) is 10.7 Å². The van der Waals surface area contributed by atoms with Gasteiger partial charge in [0, 0.05) is 29.4 Å². The maximum Gasteiger partial charge on any atom is 0.188 e. The van der Waals surface area contributed by atoms with Crippen molar-refractivity contribution >= 4 is 17.3 Å². The van der Waals surface area contributed by atoms with Crippen LogP contribution in [0.15, 0.2) is 17.1 Å². The van der Waals surface area contributed by atoms with Crippen molar-refractivity contribution in [1.29, 1.82) is 0 Å². The van der Waals surface area contributed by atoms with E-state index in [-0.39, 0.29) is 0 Å². The highest BCUT2D eigenvalue weighted by molar-refractivity contribution is 7.12. The second kappa shape index (κ2) is 10.7. The zero-order valence-corrected chi connectivity index (χ0v) is 15.9. The summed E-state index contributed by atoms with van der Waals surface area (Å²) >= 11 is 1.86. The van der Waals surface area contributed by atoms with Crippen LogP contribution in [0.1, 0.15) is 48.4 Å². The monoisotopic (exact) mass is 352 g/mol. The lowest BCUT2D eigenvalue weighted by Crippen LogP contribution is -2.40. The molecule has 2 heterocycles. The zero-order chi connectivity index (χ0) is 17.2. The van der Waals surface area contributed by atoms with E-state index in [0.29, 0.717) is 18.5 Å². The summed E-state index contributed by atoms with van der Waals surface area (Å²) in [5.41, 5.74) is 6.05. The molecule has 0 spiro atoms. The Bertz CT molecular complexity index is 497. The van der Waals surface area contributed by atoms with Crippen molar-refractivity contribution in [2.45, 2.75) is 45.6 Å².